The molecule has 0 N–H and O–H groups in total. The van der Waals surface area contributed by atoms with Gasteiger partial charge in [-0.25, -0.2) is 4.79 Å². The third-order valence-corrected chi connectivity index (χ3v) is 4.21. The van der Waals surface area contributed by atoms with Gasteiger partial charge in [-0.1, -0.05) is 0 Å². The molecule has 1 saturated heterocycles. The summed E-state index contributed by atoms with van der Waals surface area (Å²) in [5, 5.41) is 0. The second kappa shape index (κ2) is 7.84. The molecule has 2 unspecified atom stereocenters. The van der Waals surface area contributed by atoms with Gasteiger partial charge >= 0.3 is 6.03 Å². The molecule has 20 heavy (non-hydrogen) atoms. The Bertz CT molecular complexity index is 292. The van der Waals surface area contributed by atoms with Crippen LogP contribution in [0.4, 0.5) is 4.79 Å². The number of carbonyl (C=O) groups excluding carboxylic acids is 1. The van der Waals surface area contributed by atoms with Crippen LogP contribution in [0.2, 0.25) is 0 Å². The highest BCUT2D eigenvalue weighted by molar-refractivity contribution is 5.74. The Balaban J connectivity index is 2.60. The SMILES string of the molecule is CCN(CC)C(=O)N1CC(C)N(CCN(C)C)C(C)C1. The van der Waals surface area contributed by atoms with Crippen LogP contribution in [-0.4, -0.2) is 91.1 Å². The first-order valence-electron chi connectivity index (χ1n) is 7.84. The molecule has 0 saturated carbocycles. The van der Waals surface area contributed by atoms with Gasteiger partial charge in [-0.15, -0.1) is 0 Å². The van der Waals surface area contributed by atoms with Crippen molar-refractivity contribution < 1.29 is 4.79 Å². The molecule has 1 heterocycles. The maximum absolute atomic E-state index is 12.4. The van der Waals surface area contributed by atoms with E-state index in [9.17, 15) is 4.79 Å². The van der Waals surface area contributed by atoms with Gasteiger partial charge in [-0.05, 0) is 41.8 Å². The summed E-state index contributed by atoms with van der Waals surface area (Å²) >= 11 is 0. The van der Waals surface area contributed by atoms with Gasteiger partial charge in [-0.3, -0.25) is 4.90 Å². The van der Waals surface area contributed by atoms with Crippen molar-refractivity contribution in [2.45, 2.75) is 39.8 Å². The molecule has 5 heteroatoms. The third kappa shape index (κ3) is 4.35. The summed E-state index contributed by atoms with van der Waals surface area (Å²) in [6.07, 6.45) is 0. The summed E-state index contributed by atoms with van der Waals surface area (Å²) in [6.45, 7) is 13.9. The number of amides is 2. The van der Waals surface area contributed by atoms with Gasteiger partial charge in [0.2, 0.25) is 0 Å². The highest BCUT2D eigenvalue weighted by Gasteiger charge is 2.32. The highest BCUT2D eigenvalue weighted by Crippen LogP contribution is 2.16. The normalized spacial score (nSPS) is 24.2. The first-order valence-corrected chi connectivity index (χ1v) is 7.84. The molecule has 0 aliphatic carbocycles. The molecule has 0 aromatic heterocycles. The largest absolute Gasteiger partial charge is 0.325 e. The predicted molar refractivity (Wildman–Crippen MR) is 84.1 cm³/mol. The summed E-state index contributed by atoms with van der Waals surface area (Å²) in [4.78, 5) is 21.1. The molecule has 1 aliphatic heterocycles. The molecule has 2 atom stereocenters. The molecular formula is C15H32N4O. The van der Waals surface area contributed by atoms with Crippen LogP contribution in [-0.2, 0) is 0 Å². The average Bonchev–Trinajstić information content (AvgIpc) is 2.38. The van der Waals surface area contributed by atoms with Crippen molar-refractivity contribution in [3.05, 3.63) is 0 Å². The van der Waals surface area contributed by atoms with Crippen molar-refractivity contribution in [3.8, 4) is 0 Å². The van der Waals surface area contributed by atoms with E-state index in [1.165, 1.54) is 0 Å². The van der Waals surface area contributed by atoms with Crippen LogP contribution in [0.15, 0.2) is 0 Å². The summed E-state index contributed by atoms with van der Waals surface area (Å²) in [7, 11) is 4.21. The van der Waals surface area contributed by atoms with Crippen molar-refractivity contribution in [1.29, 1.82) is 0 Å². The van der Waals surface area contributed by atoms with Crippen LogP contribution in [0.5, 0.6) is 0 Å². The Morgan fingerprint density at radius 2 is 1.60 bits per heavy atom. The molecule has 1 aliphatic rings. The van der Waals surface area contributed by atoms with Crippen LogP contribution in [0.25, 0.3) is 0 Å². The minimum absolute atomic E-state index is 0.195. The van der Waals surface area contributed by atoms with Gasteiger partial charge < -0.3 is 14.7 Å². The van der Waals surface area contributed by atoms with Gasteiger partial charge in [0.15, 0.2) is 0 Å². The molecule has 1 fully saturated rings. The van der Waals surface area contributed by atoms with E-state index < -0.39 is 0 Å². The lowest BCUT2D eigenvalue weighted by atomic mass is 10.1. The lowest BCUT2D eigenvalue weighted by Gasteiger charge is -2.45. The van der Waals surface area contributed by atoms with Crippen molar-refractivity contribution in [2.75, 3.05) is 53.4 Å². The minimum atomic E-state index is 0.195. The van der Waals surface area contributed by atoms with Crippen molar-refractivity contribution in [3.63, 3.8) is 0 Å². The Labute approximate surface area is 124 Å². The maximum atomic E-state index is 12.4. The summed E-state index contributed by atoms with van der Waals surface area (Å²) in [6, 6.07) is 1.05. The van der Waals surface area contributed by atoms with E-state index in [2.05, 4.69) is 37.7 Å². The molecule has 0 bridgehead atoms. The number of rotatable bonds is 5. The molecule has 1 rings (SSSR count). The van der Waals surface area contributed by atoms with Crippen molar-refractivity contribution in [2.24, 2.45) is 0 Å². The molecule has 5 nitrogen and oxygen atoms in total. The standard InChI is InChI=1S/C15H32N4O/c1-7-17(8-2)15(20)18-11-13(3)19(14(4)12-18)10-9-16(5)6/h13-14H,7-12H2,1-6H3. The van der Waals surface area contributed by atoms with Crippen molar-refractivity contribution >= 4 is 6.03 Å². The lowest BCUT2D eigenvalue weighted by molar-refractivity contribution is 0.0416. The number of hydrogen-bond acceptors (Lipinski definition) is 3. The van der Waals surface area contributed by atoms with Crippen LogP contribution < -0.4 is 0 Å². The third-order valence-electron chi connectivity index (χ3n) is 4.21. The van der Waals surface area contributed by atoms with Gasteiger partial charge in [0.05, 0.1) is 0 Å². The van der Waals surface area contributed by atoms with E-state index in [-0.39, 0.29) is 6.03 Å². The second-order valence-corrected chi connectivity index (χ2v) is 6.10. The quantitative estimate of drug-likeness (QED) is 0.764. The number of likely N-dealkylation sites (N-methyl/N-ethyl adjacent to an activating group) is 1. The molecule has 118 valence electrons. The topological polar surface area (TPSA) is 30.0 Å². The molecule has 0 aromatic carbocycles. The fourth-order valence-corrected chi connectivity index (χ4v) is 2.96. The van der Waals surface area contributed by atoms with Gasteiger partial charge in [0.25, 0.3) is 0 Å². The summed E-state index contributed by atoms with van der Waals surface area (Å²) in [5.74, 6) is 0. The van der Waals surface area contributed by atoms with E-state index in [0.29, 0.717) is 12.1 Å². The zero-order chi connectivity index (χ0) is 15.3. The maximum Gasteiger partial charge on any atom is 0.320 e. The highest BCUT2D eigenvalue weighted by atomic mass is 16.2. The zero-order valence-corrected chi connectivity index (χ0v) is 14.1. The Kier molecular flexibility index (Phi) is 6.76. The van der Waals surface area contributed by atoms with E-state index in [4.69, 9.17) is 0 Å². The molecule has 2 amide bonds. The van der Waals surface area contributed by atoms with Crippen LogP contribution in [0.1, 0.15) is 27.7 Å². The molecular weight excluding hydrogens is 252 g/mol. The van der Waals surface area contributed by atoms with Crippen LogP contribution in [0, 0.1) is 0 Å². The fourth-order valence-electron chi connectivity index (χ4n) is 2.96. The number of hydrogen-bond donors (Lipinski definition) is 0. The number of piperazine rings is 1. The van der Waals surface area contributed by atoms with Gasteiger partial charge in [0.1, 0.15) is 0 Å². The Morgan fingerprint density at radius 3 is 2.00 bits per heavy atom. The number of carbonyl (C=O) groups is 1. The van der Waals surface area contributed by atoms with Gasteiger partial charge in [-0.2, -0.15) is 0 Å². The Morgan fingerprint density at radius 1 is 1.10 bits per heavy atom. The zero-order valence-electron chi connectivity index (χ0n) is 14.1. The minimum Gasteiger partial charge on any atom is -0.325 e. The lowest BCUT2D eigenvalue weighted by Crippen LogP contribution is -2.60. The summed E-state index contributed by atoms with van der Waals surface area (Å²) < 4.78 is 0. The fraction of sp³-hybridized carbons (Fsp3) is 0.933. The first-order chi connectivity index (χ1) is 9.40. The summed E-state index contributed by atoms with van der Waals surface area (Å²) in [5.41, 5.74) is 0. The first kappa shape index (κ1) is 17.2. The predicted octanol–water partition coefficient (Wildman–Crippen LogP) is 1.40. The number of urea groups is 1. The molecule has 0 aromatic rings. The van der Waals surface area contributed by atoms with E-state index in [1.54, 1.807) is 0 Å². The second-order valence-electron chi connectivity index (χ2n) is 6.10. The number of nitrogens with zero attached hydrogens (tertiary/aromatic N) is 4. The van der Waals surface area contributed by atoms with E-state index >= 15 is 0 Å². The van der Waals surface area contributed by atoms with E-state index in [0.717, 1.165) is 39.3 Å². The van der Waals surface area contributed by atoms with E-state index in [1.807, 2.05) is 23.6 Å². The monoisotopic (exact) mass is 284 g/mol. The molecule has 0 spiro atoms. The van der Waals surface area contributed by atoms with Crippen LogP contribution >= 0.6 is 0 Å². The average molecular weight is 284 g/mol. The molecule has 0 radical (unpaired) electrons. The Hall–Kier alpha value is -0.810. The smallest absolute Gasteiger partial charge is 0.320 e. The van der Waals surface area contributed by atoms with Crippen molar-refractivity contribution in [1.82, 2.24) is 19.6 Å². The van der Waals surface area contributed by atoms with Gasteiger partial charge in [0, 0.05) is 51.4 Å². The van der Waals surface area contributed by atoms with Crippen LogP contribution in [0.3, 0.4) is 0 Å².